The van der Waals surface area contributed by atoms with E-state index in [0.717, 1.165) is 17.4 Å². The van der Waals surface area contributed by atoms with Gasteiger partial charge >= 0.3 is 0 Å². The molecule has 4 rings (SSSR count). The van der Waals surface area contributed by atoms with Crippen LogP contribution in [0.25, 0.3) is 22.1 Å². The van der Waals surface area contributed by atoms with Crippen LogP contribution in [0.4, 0.5) is 5.69 Å². The average molecular weight is 369 g/mol. The van der Waals surface area contributed by atoms with Crippen LogP contribution in [0.2, 0.25) is 0 Å². The van der Waals surface area contributed by atoms with Crippen LogP contribution in [-0.4, -0.2) is 26.5 Å². The standard InChI is InChI=1S/C17H11N3O5S/c1-25-13-8-10(20(23)24)6-9(15(13)21)7-14-16(22)19-12-5-3-2-4-11(12)18-17(19)26-14/h2-8,21H,1H3/b14-7+. The van der Waals surface area contributed by atoms with Gasteiger partial charge in [-0.2, -0.15) is 0 Å². The molecule has 0 aliphatic heterocycles. The Balaban J connectivity index is 2.00. The third-order valence-corrected chi connectivity index (χ3v) is 4.92. The number of ether oxygens (including phenoxy) is 1. The van der Waals surface area contributed by atoms with Crippen LogP contribution in [0.3, 0.4) is 0 Å². The molecule has 0 bridgehead atoms. The molecular weight excluding hydrogens is 358 g/mol. The Morgan fingerprint density at radius 2 is 2.12 bits per heavy atom. The van der Waals surface area contributed by atoms with Gasteiger partial charge in [0.05, 0.1) is 33.7 Å². The van der Waals surface area contributed by atoms with Gasteiger partial charge in [-0.05, 0) is 18.2 Å². The lowest BCUT2D eigenvalue weighted by molar-refractivity contribution is -0.385. The molecule has 0 atom stereocenters. The number of phenolic OH excluding ortho intramolecular Hbond substituents is 1. The Hall–Kier alpha value is -3.46. The van der Waals surface area contributed by atoms with E-state index >= 15 is 0 Å². The van der Waals surface area contributed by atoms with Gasteiger partial charge in [0.1, 0.15) is 0 Å². The van der Waals surface area contributed by atoms with Gasteiger partial charge in [0.15, 0.2) is 16.5 Å². The monoisotopic (exact) mass is 369 g/mol. The summed E-state index contributed by atoms with van der Waals surface area (Å²) in [6.07, 6.45) is 1.40. The smallest absolute Gasteiger partial charge is 0.274 e. The maximum Gasteiger partial charge on any atom is 0.274 e. The normalized spacial score (nSPS) is 12.1. The lowest BCUT2D eigenvalue weighted by atomic mass is 10.1. The van der Waals surface area contributed by atoms with Gasteiger partial charge in [0.2, 0.25) is 0 Å². The summed E-state index contributed by atoms with van der Waals surface area (Å²) in [4.78, 5) is 28.2. The molecule has 0 aliphatic rings. The summed E-state index contributed by atoms with van der Waals surface area (Å²) in [6.45, 7) is 0. The number of thiazole rings is 1. The second kappa shape index (κ2) is 5.81. The molecule has 1 N–H and O–H groups in total. The first-order chi connectivity index (χ1) is 12.5. The van der Waals surface area contributed by atoms with Gasteiger partial charge in [-0.25, -0.2) is 9.38 Å². The van der Waals surface area contributed by atoms with E-state index in [0.29, 0.717) is 20.5 Å². The number of nitrogens with zero attached hydrogens (tertiary/aromatic N) is 3. The number of phenols is 1. The molecule has 0 saturated carbocycles. The van der Waals surface area contributed by atoms with Crippen molar-refractivity contribution in [3.05, 3.63) is 67.0 Å². The molecule has 0 saturated heterocycles. The van der Waals surface area contributed by atoms with Gasteiger partial charge in [0, 0.05) is 11.6 Å². The van der Waals surface area contributed by atoms with E-state index in [1.54, 1.807) is 6.07 Å². The number of nitro groups is 1. The van der Waals surface area contributed by atoms with Crippen LogP contribution in [0.5, 0.6) is 11.5 Å². The number of para-hydroxylation sites is 2. The molecule has 26 heavy (non-hydrogen) atoms. The third-order valence-electron chi connectivity index (χ3n) is 3.95. The topological polar surface area (TPSA) is 107 Å². The molecule has 0 unspecified atom stereocenters. The Kier molecular flexibility index (Phi) is 3.58. The van der Waals surface area contributed by atoms with Crippen LogP contribution in [0.15, 0.2) is 41.2 Å². The van der Waals surface area contributed by atoms with Crippen LogP contribution >= 0.6 is 11.3 Å². The van der Waals surface area contributed by atoms with Crippen molar-refractivity contribution in [2.24, 2.45) is 0 Å². The van der Waals surface area contributed by atoms with Crippen molar-refractivity contribution in [1.29, 1.82) is 0 Å². The van der Waals surface area contributed by atoms with Gasteiger partial charge in [0.25, 0.3) is 11.2 Å². The van der Waals surface area contributed by atoms with Crippen LogP contribution in [-0.2, 0) is 0 Å². The molecule has 0 fully saturated rings. The molecule has 2 aromatic carbocycles. The highest BCUT2D eigenvalue weighted by molar-refractivity contribution is 7.15. The zero-order valence-corrected chi connectivity index (χ0v) is 14.2. The minimum Gasteiger partial charge on any atom is -0.504 e. The van der Waals surface area contributed by atoms with Gasteiger partial charge in [-0.15, -0.1) is 0 Å². The maximum atomic E-state index is 12.7. The molecule has 4 aromatic rings. The molecule has 0 aliphatic carbocycles. The number of hydrogen-bond acceptors (Lipinski definition) is 7. The molecule has 130 valence electrons. The van der Waals surface area contributed by atoms with E-state index in [1.165, 1.54) is 23.7 Å². The van der Waals surface area contributed by atoms with E-state index in [-0.39, 0.29) is 28.3 Å². The molecule has 9 heteroatoms. The Morgan fingerprint density at radius 1 is 1.35 bits per heavy atom. The van der Waals surface area contributed by atoms with Crippen molar-refractivity contribution in [2.45, 2.75) is 0 Å². The lowest BCUT2D eigenvalue weighted by Gasteiger charge is -2.05. The summed E-state index contributed by atoms with van der Waals surface area (Å²) < 4.78 is 6.76. The largest absolute Gasteiger partial charge is 0.504 e. The predicted molar refractivity (Wildman–Crippen MR) is 96.9 cm³/mol. The van der Waals surface area contributed by atoms with Gasteiger partial charge in [-0.3, -0.25) is 14.9 Å². The average Bonchev–Trinajstić information content (AvgIpc) is 3.13. The molecule has 0 radical (unpaired) electrons. The lowest BCUT2D eigenvalue weighted by Crippen LogP contribution is -2.22. The number of nitro benzene ring substituents is 1. The molecule has 8 nitrogen and oxygen atoms in total. The second-order valence-electron chi connectivity index (χ2n) is 5.48. The van der Waals surface area contributed by atoms with Crippen molar-refractivity contribution in [3.63, 3.8) is 0 Å². The summed E-state index contributed by atoms with van der Waals surface area (Å²) >= 11 is 1.14. The van der Waals surface area contributed by atoms with Gasteiger partial charge < -0.3 is 9.84 Å². The number of aromatic nitrogens is 2. The number of methoxy groups -OCH3 is 1. The number of benzene rings is 2. The highest BCUT2D eigenvalue weighted by Crippen LogP contribution is 2.34. The van der Waals surface area contributed by atoms with Crippen LogP contribution in [0.1, 0.15) is 5.56 Å². The number of rotatable bonds is 3. The zero-order valence-electron chi connectivity index (χ0n) is 13.4. The summed E-state index contributed by atoms with van der Waals surface area (Å²) in [5, 5.41) is 21.3. The molecular formula is C17H11N3O5S. The number of non-ortho nitro benzene ring substituents is 1. The number of imidazole rings is 1. The minimum atomic E-state index is -0.591. The summed E-state index contributed by atoms with van der Waals surface area (Å²) in [6, 6.07) is 9.58. The maximum absolute atomic E-state index is 12.7. The van der Waals surface area contributed by atoms with Crippen molar-refractivity contribution in [1.82, 2.24) is 9.38 Å². The summed E-state index contributed by atoms with van der Waals surface area (Å²) in [5.74, 6) is -0.307. The van der Waals surface area contributed by atoms with Crippen molar-refractivity contribution in [2.75, 3.05) is 7.11 Å². The van der Waals surface area contributed by atoms with Crippen LogP contribution < -0.4 is 14.8 Å². The summed E-state index contributed by atoms with van der Waals surface area (Å²) in [7, 11) is 1.30. The number of aromatic hydroxyl groups is 1. The minimum absolute atomic E-state index is 0.0373. The first-order valence-corrected chi connectivity index (χ1v) is 8.28. The zero-order chi connectivity index (χ0) is 18.4. The van der Waals surface area contributed by atoms with E-state index in [1.807, 2.05) is 18.2 Å². The van der Waals surface area contributed by atoms with Crippen molar-refractivity contribution >= 4 is 39.1 Å². The van der Waals surface area contributed by atoms with Gasteiger partial charge in [-0.1, -0.05) is 23.5 Å². The Labute approximate surface area is 149 Å². The highest BCUT2D eigenvalue weighted by Gasteiger charge is 2.17. The van der Waals surface area contributed by atoms with Crippen molar-refractivity contribution < 1.29 is 14.8 Å². The first kappa shape index (κ1) is 16.0. The fourth-order valence-corrected chi connectivity index (χ4v) is 3.72. The number of hydrogen-bond donors (Lipinski definition) is 1. The quantitative estimate of drug-likeness (QED) is 0.438. The highest BCUT2D eigenvalue weighted by atomic mass is 32.1. The third kappa shape index (κ3) is 2.37. The van der Waals surface area contributed by atoms with E-state index in [9.17, 15) is 20.0 Å². The Morgan fingerprint density at radius 3 is 2.85 bits per heavy atom. The molecule has 0 spiro atoms. The van der Waals surface area contributed by atoms with Crippen molar-refractivity contribution in [3.8, 4) is 11.5 Å². The molecule has 0 amide bonds. The van der Waals surface area contributed by atoms with Crippen LogP contribution in [0, 0.1) is 10.1 Å². The molecule has 2 heterocycles. The van der Waals surface area contributed by atoms with E-state index in [2.05, 4.69) is 4.98 Å². The predicted octanol–water partition coefficient (Wildman–Crippen LogP) is 2.08. The fourth-order valence-electron chi connectivity index (χ4n) is 2.74. The van der Waals surface area contributed by atoms with E-state index in [4.69, 9.17) is 4.74 Å². The van der Waals surface area contributed by atoms with E-state index < -0.39 is 4.92 Å². The summed E-state index contributed by atoms with van der Waals surface area (Å²) in [5.41, 5.74) is 0.974. The Bertz CT molecular complexity index is 1290. The molecule has 2 aromatic heterocycles. The SMILES string of the molecule is COc1cc([N+](=O)[O-])cc(/C=c2/sc3nc4ccccc4n3c2=O)c1O. The second-order valence-corrected chi connectivity index (χ2v) is 6.49. The number of fused-ring (bicyclic) bond motifs is 3. The first-order valence-electron chi connectivity index (χ1n) is 7.46. The fraction of sp³-hybridized carbons (Fsp3) is 0.0588.